The molecule has 0 unspecified atom stereocenters. The van der Waals surface area contributed by atoms with E-state index in [2.05, 4.69) is 9.88 Å². The van der Waals surface area contributed by atoms with E-state index in [0.29, 0.717) is 6.61 Å². The Morgan fingerprint density at radius 3 is 2.88 bits per heavy atom. The van der Waals surface area contributed by atoms with Gasteiger partial charge in [0.1, 0.15) is 0 Å². The van der Waals surface area contributed by atoms with Gasteiger partial charge in [-0.2, -0.15) is 0 Å². The molecule has 4 nitrogen and oxygen atoms in total. The predicted octanol–water partition coefficient (Wildman–Crippen LogP) is 1.38. The summed E-state index contributed by atoms with van der Waals surface area (Å²) in [4.78, 5) is 11.8. The van der Waals surface area contributed by atoms with E-state index in [1.54, 1.807) is 0 Å². The summed E-state index contributed by atoms with van der Waals surface area (Å²) >= 11 is 0. The van der Waals surface area contributed by atoms with E-state index < -0.39 is 0 Å². The van der Waals surface area contributed by atoms with Crippen LogP contribution in [-0.2, 0) is 17.8 Å². The Morgan fingerprint density at radius 1 is 1.50 bits per heavy atom. The van der Waals surface area contributed by atoms with Crippen molar-refractivity contribution in [1.29, 1.82) is 0 Å². The number of carbonyl (C=O) groups excluding carboxylic acids is 1. The van der Waals surface area contributed by atoms with Crippen molar-refractivity contribution in [2.45, 2.75) is 33.9 Å². The van der Waals surface area contributed by atoms with Crippen molar-refractivity contribution < 1.29 is 9.53 Å². The first-order chi connectivity index (χ1) is 7.66. The number of aromatic nitrogens is 1. The topological polar surface area (TPSA) is 43.3 Å². The highest BCUT2D eigenvalue weighted by Crippen LogP contribution is 2.24. The minimum absolute atomic E-state index is 0.195. The van der Waals surface area contributed by atoms with Crippen LogP contribution in [0.2, 0.25) is 0 Å². The smallest absolute Gasteiger partial charge is 0.340 e. The van der Waals surface area contributed by atoms with Gasteiger partial charge in [0, 0.05) is 31.0 Å². The number of fused-ring (bicyclic) bond motifs is 1. The first-order valence-electron chi connectivity index (χ1n) is 5.73. The van der Waals surface area contributed by atoms with Gasteiger partial charge >= 0.3 is 5.97 Å². The third-order valence-corrected chi connectivity index (χ3v) is 3.18. The fourth-order valence-electron chi connectivity index (χ4n) is 2.39. The van der Waals surface area contributed by atoms with Gasteiger partial charge in [-0.1, -0.05) is 0 Å². The summed E-state index contributed by atoms with van der Waals surface area (Å²) < 4.78 is 7.31. The highest BCUT2D eigenvalue weighted by atomic mass is 16.5. The maximum Gasteiger partial charge on any atom is 0.340 e. The molecule has 0 amide bonds. The second-order valence-electron chi connectivity index (χ2n) is 4.08. The van der Waals surface area contributed by atoms with E-state index >= 15 is 0 Å². The third-order valence-electron chi connectivity index (χ3n) is 3.18. The van der Waals surface area contributed by atoms with Crippen LogP contribution in [0.3, 0.4) is 0 Å². The van der Waals surface area contributed by atoms with Crippen molar-refractivity contribution in [3.8, 4) is 0 Å². The van der Waals surface area contributed by atoms with Gasteiger partial charge in [0.2, 0.25) is 0 Å². The van der Waals surface area contributed by atoms with Crippen LogP contribution in [0.25, 0.3) is 0 Å². The summed E-state index contributed by atoms with van der Waals surface area (Å²) in [6.45, 7) is 8.99. The van der Waals surface area contributed by atoms with E-state index in [4.69, 9.17) is 4.74 Å². The molecule has 0 saturated carbocycles. The summed E-state index contributed by atoms with van der Waals surface area (Å²) in [5.74, 6) is -0.195. The zero-order valence-electron chi connectivity index (χ0n) is 10.1. The molecule has 0 bridgehead atoms. The molecule has 16 heavy (non-hydrogen) atoms. The standard InChI is InChI=1S/C12H18N2O2/c1-4-16-12(15)11-8(2)10-7-13-5-6-14(10)9(11)3/h13H,4-7H2,1-3H3. The lowest BCUT2D eigenvalue weighted by atomic mass is 10.1. The molecule has 1 aliphatic rings. The van der Waals surface area contributed by atoms with Gasteiger partial charge in [-0.15, -0.1) is 0 Å². The largest absolute Gasteiger partial charge is 0.462 e. The maximum absolute atomic E-state index is 11.8. The summed E-state index contributed by atoms with van der Waals surface area (Å²) in [5, 5.41) is 3.32. The van der Waals surface area contributed by atoms with Gasteiger partial charge in [0.15, 0.2) is 0 Å². The van der Waals surface area contributed by atoms with Crippen LogP contribution in [0.15, 0.2) is 0 Å². The molecule has 88 valence electrons. The van der Waals surface area contributed by atoms with Crippen LogP contribution in [0.1, 0.15) is 34.2 Å². The first-order valence-corrected chi connectivity index (χ1v) is 5.73. The normalized spacial score (nSPS) is 14.7. The lowest BCUT2D eigenvalue weighted by Gasteiger charge is -2.18. The van der Waals surface area contributed by atoms with E-state index in [1.165, 1.54) is 5.69 Å². The average Bonchev–Trinajstić information content (AvgIpc) is 2.53. The Balaban J connectivity index is 2.46. The van der Waals surface area contributed by atoms with Crippen LogP contribution in [0.5, 0.6) is 0 Å². The molecule has 1 aromatic heterocycles. The number of nitrogens with zero attached hydrogens (tertiary/aromatic N) is 1. The lowest BCUT2D eigenvalue weighted by Crippen LogP contribution is -2.28. The highest BCUT2D eigenvalue weighted by molar-refractivity contribution is 5.93. The van der Waals surface area contributed by atoms with Crippen LogP contribution < -0.4 is 5.32 Å². The molecule has 2 heterocycles. The maximum atomic E-state index is 11.8. The number of carbonyl (C=O) groups is 1. The van der Waals surface area contributed by atoms with Crippen molar-refractivity contribution >= 4 is 5.97 Å². The number of rotatable bonds is 2. The predicted molar refractivity (Wildman–Crippen MR) is 61.6 cm³/mol. The molecule has 4 heteroatoms. The van der Waals surface area contributed by atoms with Crippen LogP contribution in [0, 0.1) is 13.8 Å². The zero-order chi connectivity index (χ0) is 11.7. The monoisotopic (exact) mass is 222 g/mol. The molecule has 0 radical (unpaired) electrons. The molecule has 1 aromatic rings. The van der Waals surface area contributed by atoms with Crippen molar-refractivity contribution in [2.24, 2.45) is 0 Å². The fraction of sp³-hybridized carbons (Fsp3) is 0.583. The van der Waals surface area contributed by atoms with E-state index in [9.17, 15) is 4.79 Å². The molecular weight excluding hydrogens is 204 g/mol. The fourth-order valence-corrected chi connectivity index (χ4v) is 2.39. The van der Waals surface area contributed by atoms with Crippen LogP contribution >= 0.6 is 0 Å². The number of ether oxygens (including phenoxy) is 1. The second kappa shape index (κ2) is 4.29. The Morgan fingerprint density at radius 2 is 2.25 bits per heavy atom. The van der Waals surface area contributed by atoms with Gasteiger partial charge in [-0.25, -0.2) is 4.79 Å². The van der Waals surface area contributed by atoms with Crippen molar-refractivity contribution in [2.75, 3.05) is 13.2 Å². The Bertz CT molecular complexity index is 392. The molecule has 2 rings (SSSR count). The SMILES string of the molecule is CCOC(=O)c1c(C)c2n(c1C)CCNC2. The van der Waals surface area contributed by atoms with Crippen molar-refractivity contribution in [3.63, 3.8) is 0 Å². The van der Waals surface area contributed by atoms with Crippen molar-refractivity contribution in [3.05, 3.63) is 22.5 Å². The first kappa shape index (κ1) is 11.2. The highest BCUT2D eigenvalue weighted by Gasteiger charge is 2.24. The molecule has 0 aliphatic carbocycles. The molecule has 0 atom stereocenters. The van der Waals surface area contributed by atoms with Gasteiger partial charge < -0.3 is 14.6 Å². The van der Waals surface area contributed by atoms with Gasteiger partial charge in [0.05, 0.1) is 12.2 Å². The second-order valence-corrected chi connectivity index (χ2v) is 4.08. The summed E-state index contributed by atoms with van der Waals surface area (Å²) in [6.07, 6.45) is 0. The molecule has 0 spiro atoms. The minimum atomic E-state index is -0.195. The van der Waals surface area contributed by atoms with Gasteiger partial charge in [-0.3, -0.25) is 0 Å². The molecular formula is C12H18N2O2. The lowest BCUT2D eigenvalue weighted by molar-refractivity contribution is 0.0524. The summed E-state index contributed by atoms with van der Waals surface area (Å²) in [5.41, 5.74) is 4.06. The molecule has 0 saturated heterocycles. The molecule has 0 fully saturated rings. The zero-order valence-corrected chi connectivity index (χ0v) is 10.1. The van der Waals surface area contributed by atoms with Crippen LogP contribution in [0.4, 0.5) is 0 Å². The average molecular weight is 222 g/mol. The van der Waals surface area contributed by atoms with E-state index in [-0.39, 0.29) is 5.97 Å². The summed E-state index contributed by atoms with van der Waals surface area (Å²) in [6, 6.07) is 0. The number of esters is 1. The molecule has 1 aliphatic heterocycles. The van der Waals surface area contributed by atoms with Gasteiger partial charge in [-0.05, 0) is 26.3 Å². The number of hydrogen-bond acceptors (Lipinski definition) is 3. The van der Waals surface area contributed by atoms with Gasteiger partial charge in [0.25, 0.3) is 0 Å². The number of nitrogens with one attached hydrogen (secondary N) is 1. The molecule has 1 N–H and O–H groups in total. The summed E-state index contributed by atoms with van der Waals surface area (Å²) in [7, 11) is 0. The quantitative estimate of drug-likeness (QED) is 0.769. The third kappa shape index (κ3) is 1.63. The number of hydrogen-bond donors (Lipinski definition) is 1. The Hall–Kier alpha value is -1.29. The van der Waals surface area contributed by atoms with Crippen LogP contribution in [-0.4, -0.2) is 23.7 Å². The van der Waals surface area contributed by atoms with Crippen molar-refractivity contribution in [1.82, 2.24) is 9.88 Å². The Labute approximate surface area is 95.6 Å². The molecule has 0 aromatic carbocycles. The van der Waals surface area contributed by atoms with E-state index in [1.807, 2.05) is 20.8 Å². The minimum Gasteiger partial charge on any atom is -0.462 e. The van der Waals surface area contributed by atoms with E-state index in [0.717, 1.165) is 36.5 Å². The Kier molecular flexibility index (Phi) is 3.01.